The first-order chi connectivity index (χ1) is 6.18. The Balaban J connectivity index is 2.75. The maximum absolute atomic E-state index is 5.54. The lowest BCUT2D eigenvalue weighted by molar-refractivity contribution is 0.568. The average Bonchev–Trinajstić information content (AvgIpc) is 2.43. The summed E-state index contributed by atoms with van der Waals surface area (Å²) in [5, 5.41) is 0. The van der Waals surface area contributed by atoms with Gasteiger partial charge in [-0.15, -0.1) is 0 Å². The van der Waals surface area contributed by atoms with E-state index in [-0.39, 0.29) is 0 Å². The van der Waals surface area contributed by atoms with Crippen molar-refractivity contribution in [2.75, 3.05) is 0 Å². The zero-order valence-electron chi connectivity index (χ0n) is 8.03. The molecule has 0 N–H and O–H groups in total. The minimum absolute atomic E-state index is 0.371. The van der Waals surface area contributed by atoms with Crippen LogP contribution < -0.4 is 0 Å². The van der Waals surface area contributed by atoms with Crippen molar-refractivity contribution in [1.82, 2.24) is 9.97 Å². The van der Waals surface area contributed by atoms with Gasteiger partial charge in [-0.05, 0) is 12.8 Å². The zero-order valence-corrected chi connectivity index (χ0v) is 8.03. The SMILES string of the molecule is Cc1cc2ncnc(C(C)C)c2o1. The monoisotopic (exact) mass is 176 g/mol. The van der Waals surface area contributed by atoms with Crippen LogP contribution in [0, 0.1) is 6.92 Å². The lowest BCUT2D eigenvalue weighted by Gasteiger charge is -2.02. The van der Waals surface area contributed by atoms with E-state index < -0.39 is 0 Å². The average molecular weight is 176 g/mol. The first kappa shape index (κ1) is 8.23. The van der Waals surface area contributed by atoms with Gasteiger partial charge in [0, 0.05) is 6.07 Å². The minimum atomic E-state index is 0.371. The second-order valence-electron chi connectivity index (χ2n) is 3.49. The van der Waals surface area contributed by atoms with Gasteiger partial charge in [0.05, 0.1) is 5.69 Å². The molecule has 0 bridgehead atoms. The Kier molecular flexibility index (Phi) is 1.79. The van der Waals surface area contributed by atoms with Gasteiger partial charge in [-0.2, -0.15) is 0 Å². The number of hydrogen-bond donors (Lipinski definition) is 0. The van der Waals surface area contributed by atoms with Crippen LogP contribution in [0.1, 0.15) is 31.2 Å². The normalized spacial score (nSPS) is 11.4. The van der Waals surface area contributed by atoms with Crippen molar-refractivity contribution in [3.8, 4) is 0 Å². The summed E-state index contributed by atoms with van der Waals surface area (Å²) in [5.41, 5.74) is 2.71. The van der Waals surface area contributed by atoms with Crippen LogP contribution in [0.3, 0.4) is 0 Å². The highest BCUT2D eigenvalue weighted by molar-refractivity contribution is 5.75. The van der Waals surface area contributed by atoms with Crippen molar-refractivity contribution in [3.05, 3.63) is 23.8 Å². The van der Waals surface area contributed by atoms with Gasteiger partial charge >= 0.3 is 0 Å². The Morgan fingerprint density at radius 3 is 2.77 bits per heavy atom. The first-order valence-corrected chi connectivity index (χ1v) is 4.39. The molecule has 2 heterocycles. The Labute approximate surface area is 76.8 Å². The molecule has 68 valence electrons. The molecule has 13 heavy (non-hydrogen) atoms. The van der Waals surface area contributed by atoms with Gasteiger partial charge in [-0.25, -0.2) is 9.97 Å². The number of aryl methyl sites for hydroxylation is 1. The van der Waals surface area contributed by atoms with E-state index in [2.05, 4.69) is 23.8 Å². The molecule has 0 saturated heterocycles. The number of furan rings is 1. The van der Waals surface area contributed by atoms with Crippen LogP contribution in [0.25, 0.3) is 11.1 Å². The second-order valence-corrected chi connectivity index (χ2v) is 3.49. The van der Waals surface area contributed by atoms with Crippen LogP contribution >= 0.6 is 0 Å². The highest BCUT2D eigenvalue weighted by atomic mass is 16.3. The van der Waals surface area contributed by atoms with Crippen molar-refractivity contribution in [2.24, 2.45) is 0 Å². The smallest absolute Gasteiger partial charge is 0.174 e. The topological polar surface area (TPSA) is 38.9 Å². The largest absolute Gasteiger partial charge is 0.458 e. The van der Waals surface area contributed by atoms with Crippen LogP contribution in [0.15, 0.2) is 16.8 Å². The third-order valence-corrected chi connectivity index (χ3v) is 2.01. The highest BCUT2D eigenvalue weighted by Gasteiger charge is 2.11. The van der Waals surface area contributed by atoms with E-state index in [4.69, 9.17) is 4.42 Å². The Morgan fingerprint density at radius 2 is 2.08 bits per heavy atom. The van der Waals surface area contributed by atoms with Crippen LogP contribution in [0.5, 0.6) is 0 Å². The summed E-state index contributed by atoms with van der Waals surface area (Å²) in [6, 6.07) is 1.93. The molecular weight excluding hydrogens is 164 g/mol. The van der Waals surface area contributed by atoms with Gasteiger partial charge in [-0.3, -0.25) is 0 Å². The van der Waals surface area contributed by atoms with E-state index in [1.807, 2.05) is 13.0 Å². The fourth-order valence-corrected chi connectivity index (χ4v) is 1.40. The lowest BCUT2D eigenvalue weighted by Crippen LogP contribution is -1.93. The summed E-state index contributed by atoms with van der Waals surface area (Å²) in [7, 11) is 0. The van der Waals surface area contributed by atoms with Crippen LogP contribution in [0.2, 0.25) is 0 Å². The number of hydrogen-bond acceptors (Lipinski definition) is 3. The molecule has 2 aromatic rings. The second kappa shape index (κ2) is 2.83. The molecule has 0 saturated carbocycles. The van der Waals surface area contributed by atoms with Gasteiger partial charge in [0.2, 0.25) is 0 Å². The van der Waals surface area contributed by atoms with E-state index in [0.29, 0.717) is 5.92 Å². The summed E-state index contributed by atoms with van der Waals surface area (Å²) in [6.45, 7) is 6.12. The number of aromatic nitrogens is 2. The molecule has 0 aliphatic rings. The number of rotatable bonds is 1. The quantitative estimate of drug-likeness (QED) is 0.670. The molecule has 2 aromatic heterocycles. The molecule has 0 aliphatic heterocycles. The van der Waals surface area contributed by atoms with Gasteiger partial charge in [0.1, 0.15) is 17.6 Å². The maximum atomic E-state index is 5.54. The van der Waals surface area contributed by atoms with E-state index in [9.17, 15) is 0 Å². The molecular formula is C10H12N2O. The summed E-state index contributed by atoms with van der Waals surface area (Å²) in [6.07, 6.45) is 1.59. The van der Waals surface area contributed by atoms with Gasteiger partial charge in [0.25, 0.3) is 0 Å². The predicted molar refractivity (Wildman–Crippen MR) is 50.6 cm³/mol. The molecule has 2 rings (SSSR count). The van der Waals surface area contributed by atoms with Gasteiger partial charge in [0.15, 0.2) is 5.58 Å². The minimum Gasteiger partial charge on any atom is -0.458 e. The molecule has 0 fully saturated rings. The third-order valence-electron chi connectivity index (χ3n) is 2.01. The van der Waals surface area contributed by atoms with Crippen molar-refractivity contribution < 1.29 is 4.42 Å². The first-order valence-electron chi connectivity index (χ1n) is 4.39. The molecule has 0 aromatic carbocycles. The number of nitrogens with zero attached hydrogens (tertiary/aromatic N) is 2. The Bertz CT molecular complexity index is 431. The number of fused-ring (bicyclic) bond motifs is 1. The van der Waals surface area contributed by atoms with E-state index in [1.165, 1.54) is 0 Å². The van der Waals surface area contributed by atoms with Gasteiger partial charge in [-0.1, -0.05) is 13.8 Å². The van der Waals surface area contributed by atoms with Crippen molar-refractivity contribution in [3.63, 3.8) is 0 Å². The van der Waals surface area contributed by atoms with Crippen LogP contribution in [-0.2, 0) is 0 Å². The molecule has 0 amide bonds. The van der Waals surface area contributed by atoms with Gasteiger partial charge < -0.3 is 4.42 Å². The summed E-state index contributed by atoms with van der Waals surface area (Å²) >= 11 is 0. The fraction of sp³-hybridized carbons (Fsp3) is 0.400. The zero-order chi connectivity index (χ0) is 9.42. The maximum Gasteiger partial charge on any atom is 0.174 e. The molecule has 0 aliphatic carbocycles. The Morgan fingerprint density at radius 1 is 1.31 bits per heavy atom. The summed E-state index contributed by atoms with van der Waals surface area (Å²) in [5.74, 6) is 1.26. The molecule has 3 heteroatoms. The van der Waals surface area contributed by atoms with E-state index in [1.54, 1.807) is 6.33 Å². The Hall–Kier alpha value is -1.38. The van der Waals surface area contributed by atoms with Crippen molar-refractivity contribution in [1.29, 1.82) is 0 Å². The predicted octanol–water partition coefficient (Wildman–Crippen LogP) is 2.65. The molecule has 0 spiro atoms. The highest BCUT2D eigenvalue weighted by Crippen LogP contribution is 2.23. The van der Waals surface area contributed by atoms with E-state index >= 15 is 0 Å². The summed E-state index contributed by atoms with van der Waals surface area (Å²) < 4.78 is 5.54. The fourth-order valence-electron chi connectivity index (χ4n) is 1.40. The lowest BCUT2D eigenvalue weighted by atomic mass is 10.1. The standard InChI is InChI=1S/C10H12N2O/c1-6(2)9-10-8(11-5-12-9)4-7(3)13-10/h4-6H,1-3H3. The summed E-state index contributed by atoms with van der Waals surface area (Å²) in [4.78, 5) is 8.36. The third kappa shape index (κ3) is 1.30. The van der Waals surface area contributed by atoms with Crippen molar-refractivity contribution >= 4 is 11.1 Å². The molecule has 3 nitrogen and oxygen atoms in total. The molecule has 0 atom stereocenters. The van der Waals surface area contributed by atoms with Crippen molar-refractivity contribution in [2.45, 2.75) is 26.7 Å². The van der Waals surface area contributed by atoms with Crippen LogP contribution in [0.4, 0.5) is 0 Å². The molecule has 0 radical (unpaired) electrons. The van der Waals surface area contributed by atoms with Crippen LogP contribution in [-0.4, -0.2) is 9.97 Å². The van der Waals surface area contributed by atoms with E-state index in [0.717, 1.165) is 22.6 Å². The molecule has 0 unspecified atom stereocenters.